The lowest BCUT2D eigenvalue weighted by Crippen LogP contribution is -2.09. The smallest absolute Gasteiger partial charge is 0.347 e. The fraction of sp³-hybridized carbons (Fsp3) is 0.429. The van der Waals surface area contributed by atoms with Crippen molar-refractivity contribution in [3.05, 3.63) is 36.0 Å². The van der Waals surface area contributed by atoms with E-state index in [-0.39, 0.29) is 6.42 Å². The third-order valence-corrected chi connectivity index (χ3v) is 3.13. The number of aromatic nitrogens is 1. The van der Waals surface area contributed by atoms with Gasteiger partial charge >= 0.3 is 6.18 Å². The Bertz CT molecular complexity index is 543. The first-order valence-electron chi connectivity index (χ1n) is 6.29. The molecule has 0 amide bonds. The van der Waals surface area contributed by atoms with E-state index in [4.69, 9.17) is 0 Å². The predicted octanol–water partition coefficient (Wildman–Crippen LogP) is 3.70. The van der Waals surface area contributed by atoms with Crippen LogP contribution >= 0.6 is 0 Å². The van der Waals surface area contributed by atoms with Crippen molar-refractivity contribution < 1.29 is 13.2 Å². The molecular formula is C14H17F3N2. The number of alkyl halides is 3. The van der Waals surface area contributed by atoms with Crippen LogP contribution in [0.15, 0.2) is 30.5 Å². The highest BCUT2D eigenvalue weighted by molar-refractivity contribution is 5.83. The van der Waals surface area contributed by atoms with Crippen molar-refractivity contribution in [3.63, 3.8) is 0 Å². The Morgan fingerprint density at radius 3 is 2.68 bits per heavy atom. The molecule has 104 valence electrons. The van der Waals surface area contributed by atoms with E-state index in [9.17, 15) is 13.2 Å². The second-order valence-electron chi connectivity index (χ2n) is 4.61. The van der Waals surface area contributed by atoms with Crippen LogP contribution in [0.1, 0.15) is 18.4 Å². The topological polar surface area (TPSA) is 17.0 Å². The Labute approximate surface area is 110 Å². The molecule has 1 aromatic carbocycles. The zero-order valence-corrected chi connectivity index (χ0v) is 10.8. The number of hydrogen-bond donors (Lipinski definition) is 1. The predicted molar refractivity (Wildman–Crippen MR) is 70.0 cm³/mol. The average molecular weight is 270 g/mol. The minimum absolute atomic E-state index is 0.115. The zero-order valence-electron chi connectivity index (χ0n) is 10.8. The maximum Gasteiger partial charge on any atom is 0.389 e. The number of benzene rings is 1. The molecule has 0 radical (unpaired) electrons. The van der Waals surface area contributed by atoms with Crippen LogP contribution in [-0.2, 0) is 13.1 Å². The van der Waals surface area contributed by atoms with Crippen LogP contribution in [0.2, 0.25) is 0 Å². The van der Waals surface area contributed by atoms with Crippen LogP contribution in [0.5, 0.6) is 0 Å². The van der Waals surface area contributed by atoms with Crippen LogP contribution in [0.4, 0.5) is 13.2 Å². The molecule has 2 aromatic rings. The summed E-state index contributed by atoms with van der Waals surface area (Å²) in [5.41, 5.74) is 2.16. The van der Waals surface area contributed by atoms with Gasteiger partial charge in [0.15, 0.2) is 0 Å². The molecular weight excluding hydrogens is 253 g/mol. The SMILES string of the molecule is CNCc1cccc2c1ccn2CCCC(F)(F)F. The Morgan fingerprint density at radius 1 is 1.21 bits per heavy atom. The number of nitrogens with one attached hydrogen (secondary N) is 1. The fourth-order valence-corrected chi connectivity index (χ4v) is 2.28. The molecule has 2 nitrogen and oxygen atoms in total. The highest BCUT2D eigenvalue weighted by Gasteiger charge is 2.26. The molecule has 0 aliphatic heterocycles. The van der Waals surface area contributed by atoms with Gasteiger partial charge < -0.3 is 9.88 Å². The summed E-state index contributed by atoms with van der Waals surface area (Å²) >= 11 is 0. The first-order chi connectivity index (χ1) is 9.01. The van der Waals surface area contributed by atoms with Gasteiger partial charge in [0.05, 0.1) is 0 Å². The molecule has 0 fully saturated rings. The molecule has 0 aliphatic rings. The molecule has 5 heteroatoms. The monoisotopic (exact) mass is 270 g/mol. The number of aryl methyl sites for hydroxylation is 1. The number of nitrogens with zero attached hydrogens (tertiary/aromatic N) is 1. The van der Waals surface area contributed by atoms with E-state index >= 15 is 0 Å². The molecule has 1 heterocycles. The fourth-order valence-electron chi connectivity index (χ4n) is 2.28. The van der Waals surface area contributed by atoms with Gasteiger partial charge in [0.2, 0.25) is 0 Å². The molecule has 2 rings (SSSR count). The average Bonchev–Trinajstić information content (AvgIpc) is 2.73. The van der Waals surface area contributed by atoms with Crippen molar-refractivity contribution in [2.24, 2.45) is 0 Å². The Kier molecular flexibility index (Phi) is 4.14. The standard InChI is InChI=1S/C14H17F3N2/c1-18-10-11-4-2-5-13-12(11)6-9-19(13)8-3-7-14(15,16)17/h2,4-6,9,18H,3,7-8,10H2,1H3. The summed E-state index contributed by atoms with van der Waals surface area (Å²) in [6.07, 6.45) is -2.83. The minimum Gasteiger partial charge on any atom is -0.347 e. The van der Waals surface area contributed by atoms with Gasteiger partial charge in [-0.2, -0.15) is 13.2 Å². The minimum atomic E-state index is -4.07. The second-order valence-corrected chi connectivity index (χ2v) is 4.61. The molecule has 0 saturated heterocycles. The van der Waals surface area contributed by atoms with Gasteiger partial charge in [-0.15, -0.1) is 0 Å². The van der Waals surface area contributed by atoms with E-state index in [2.05, 4.69) is 5.32 Å². The van der Waals surface area contributed by atoms with Gasteiger partial charge in [-0.05, 0) is 31.2 Å². The van der Waals surface area contributed by atoms with E-state index in [0.717, 1.165) is 23.0 Å². The lowest BCUT2D eigenvalue weighted by atomic mass is 10.1. The number of fused-ring (bicyclic) bond motifs is 1. The number of hydrogen-bond acceptors (Lipinski definition) is 1. The Hall–Kier alpha value is -1.49. The maximum absolute atomic E-state index is 12.1. The maximum atomic E-state index is 12.1. The van der Waals surface area contributed by atoms with Gasteiger partial charge in [-0.1, -0.05) is 12.1 Å². The highest BCUT2D eigenvalue weighted by atomic mass is 19.4. The molecule has 0 spiro atoms. The van der Waals surface area contributed by atoms with Gasteiger partial charge in [-0.25, -0.2) is 0 Å². The first-order valence-corrected chi connectivity index (χ1v) is 6.29. The summed E-state index contributed by atoms with van der Waals surface area (Å²) in [6, 6.07) is 7.88. The van der Waals surface area contributed by atoms with Crippen molar-refractivity contribution in [3.8, 4) is 0 Å². The van der Waals surface area contributed by atoms with Crippen molar-refractivity contribution >= 4 is 10.9 Å². The summed E-state index contributed by atoms with van der Waals surface area (Å²) < 4.78 is 38.3. The second kappa shape index (κ2) is 5.65. The van der Waals surface area contributed by atoms with Gasteiger partial charge in [0, 0.05) is 36.6 Å². The molecule has 0 aliphatic carbocycles. The normalized spacial score (nSPS) is 12.2. The third-order valence-electron chi connectivity index (χ3n) is 3.13. The summed E-state index contributed by atoms with van der Waals surface area (Å²) in [5, 5.41) is 4.19. The van der Waals surface area contributed by atoms with E-state index < -0.39 is 12.6 Å². The molecule has 1 aromatic heterocycles. The molecule has 0 unspecified atom stereocenters. The molecule has 0 saturated carbocycles. The van der Waals surface area contributed by atoms with E-state index in [1.54, 1.807) is 0 Å². The first kappa shape index (κ1) is 13.9. The van der Waals surface area contributed by atoms with Crippen molar-refractivity contribution in [1.82, 2.24) is 9.88 Å². The lowest BCUT2D eigenvalue weighted by molar-refractivity contribution is -0.135. The van der Waals surface area contributed by atoms with E-state index in [0.29, 0.717) is 6.54 Å². The van der Waals surface area contributed by atoms with Crippen molar-refractivity contribution in [2.75, 3.05) is 7.05 Å². The molecule has 19 heavy (non-hydrogen) atoms. The summed E-state index contributed by atoms with van der Waals surface area (Å²) in [7, 11) is 1.87. The number of halogens is 3. The molecule has 0 bridgehead atoms. The van der Waals surface area contributed by atoms with Gasteiger partial charge in [0.25, 0.3) is 0 Å². The van der Waals surface area contributed by atoms with Crippen LogP contribution in [0.25, 0.3) is 10.9 Å². The van der Waals surface area contributed by atoms with Crippen molar-refractivity contribution in [1.29, 1.82) is 0 Å². The van der Waals surface area contributed by atoms with Crippen LogP contribution in [0, 0.1) is 0 Å². The molecule has 1 N–H and O–H groups in total. The van der Waals surface area contributed by atoms with Gasteiger partial charge in [0.1, 0.15) is 0 Å². The van der Waals surface area contributed by atoms with Gasteiger partial charge in [-0.3, -0.25) is 0 Å². The lowest BCUT2D eigenvalue weighted by Gasteiger charge is -2.09. The van der Waals surface area contributed by atoms with E-state index in [1.165, 1.54) is 0 Å². The zero-order chi connectivity index (χ0) is 13.9. The quantitative estimate of drug-likeness (QED) is 0.876. The summed E-state index contributed by atoms with van der Waals surface area (Å²) in [4.78, 5) is 0. The largest absolute Gasteiger partial charge is 0.389 e. The van der Waals surface area contributed by atoms with Crippen LogP contribution in [0.3, 0.4) is 0 Å². The third kappa shape index (κ3) is 3.50. The van der Waals surface area contributed by atoms with Crippen molar-refractivity contribution in [2.45, 2.75) is 32.1 Å². The summed E-state index contributed by atoms with van der Waals surface area (Å²) in [6.45, 7) is 1.15. The summed E-state index contributed by atoms with van der Waals surface area (Å²) in [5.74, 6) is 0. The van der Waals surface area contributed by atoms with Crippen LogP contribution in [-0.4, -0.2) is 17.8 Å². The van der Waals surface area contributed by atoms with E-state index in [1.807, 2.05) is 42.1 Å². The Morgan fingerprint density at radius 2 is 2.00 bits per heavy atom. The highest BCUT2D eigenvalue weighted by Crippen LogP contribution is 2.24. The number of rotatable bonds is 5. The van der Waals surface area contributed by atoms with Crippen LogP contribution < -0.4 is 5.32 Å². The molecule has 0 atom stereocenters. The Balaban J connectivity index is 2.14.